The van der Waals surface area contributed by atoms with E-state index in [2.05, 4.69) is 26.6 Å². The highest BCUT2D eigenvalue weighted by atomic mass is 79.9. The second-order valence-corrected chi connectivity index (χ2v) is 5.42. The van der Waals surface area contributed by atoms with Gasteiger partial charge in [0.25, 0.3) is 0 Å². The Morgan fingerprint density at radius 3 is 3.00 bits per heavy atom. The summed E-state index contributed by atoms with van der Waals surface area (Å²) in [6.07, 6.45) is 2.60. The first-order valence-corrected chi connectivity index (χ1v) is 6.37. The summed E-state index contributed by atoms with van der Waals surface area (Å²) in [5.41, 5.74) is 1.99. The Bertz CT molecular complexity index is 443. The zero-order valence-corrected chi connectivity index (χ0v) is 10.4. The molecule has 1 aromatic carbocycles. The number of rotatable bonds is 3. The Morgan fingerprint density at radius 2 is 2.25 bits per heavy atom. The molecule has 0 aromatic heterocycles. The maximum absolute atomic E-state index is 11.8. The summed E-state index contributed by atoms with van der Waals surface area (Å²) in [6.45, 7) is 0.948. The normalized spacial score (nSPS) is 23.1. The van der Waals surface area contributed by atoms with Gasteiger partial charge in [0, 0.05) is 15.7 Å². The molecule has 3 nitrogen and oxygen atoms in total. The van der Waals surface area contributed by atoms with Crippen LogP contribution in [0, 0.1) is 5.92 Å². The number of hydrogen-bond acceptors (Lipinski definition) is 2. The van der Waals surface area contributed by atoms with Crippen molar-refractivity contribution < 1.29 is 4.79 Å². The number of hydrogen-bond donors (Lipinski definition) is 2. The summed E-state index contributed by atoms with van der Waals surface area (Å²) >= 11 is 3.44. The van der Waals surface area contributed by atoms with Gasteiger partial charge in [0.2, 0.25) is 5.91 Å². The zero-order valence-electron chi connectivity index (χ0n) is 8.79. The number of benzene rings is 1. The highest BCUT2D eigenvalue weighted by Crippen LogP contribution is 2.34. The van der Waals surface area contributed by atoms with Crippen LogP contribution < -0.4 is 10.6 Å². The first kappa shape index (κ1) is 10.3. The average molecular weight is 281 g/mol. The third-order valence-corrected chi connectivity index (χ3v) is 3.65. The van der Waals surface area contributed by atoms with Gasteiger partial charge in [-0.15, -0.1) is 0 Å². The van der Waals surface area contributed by atoms with E-state index in [0.29, 0.717) is 0 Å². The van der Waals surface area contributed by atoms with E-state index in [0.717, 1.165) is 28.2 Å². The predicted octanol–water partition coefficient (Wildman–Crippen LogP) is 2.44. The Kier molecular flexibility index (Phi) is 2.48. The van der Waals surface area contributed by atoms with Crippen molar-refractivity contribution in [3.63, 3.8) is 0 Å². The molecule has 1 fully saturated rings. The fraction of sp³-hybridized carbons (Fsp3) is 0.417. The number of halogens is 1. The summed E-state index contributed by atoms with van der Waals surface area (Å²) < 4.78 is 1.01. The predicted molar refractivity (Wildman–Crippen MR) is 66.2 cm³/mol. The second kappa shape index (κ2) is 3.86. The molecule has 1 saturated carbocycles. The summed E-state index contributed by atoms with van der Waals surface area (Å²) in [5.74, 6) is 0.845. The number of fused-ring (bicyclic) bond motifs is 1. The number of nitrogens with one attached hydrogen (secondary N) is 2. The van der Waals surface area contributed by atoms with E-state index in [1.165, 1.54) is 12.8 Å². The minimum absolute atomic E-state index is 0.0637. The Hall–Kier alpha value is -0.870. The van der Waals surface area contributed by atoms with Crippen LogP contribution in [0.25, 0.3) is 0 Å². The van der Waals surface area contributed by atoms with Crippen LogP contribution in [0.15, 0.2) is 22.7 Å². The molecule has 2 aliphatic rings. The van der Waals surface area contributed by atoms with Crippen molar-refractivity contribution >= 4 is 27.5 Å². The van der Waals surface area contributed by atoms with Crippen LogP contribution in [-0.4, -0.2) is 12.5 Å². The van der Waals surface area contributed by atoms with Crippen molar-refractivity contribution in [2.75, 3.05) is 11.9 Å². The van der Waals surface area contributed by atoms with E-state index >= 15 is 0 Å². The first-order chi connectivity index (χ1) is 7.74. The van der Waals surface area contributed by atoms with Crippen LogP contribution in [0.4, 0.5) is 5.69 Å². The highest BCUT2D eigenvalue weighted by molar-refractivity contribution is 9.10. The Balaban J connectivity index is 1.82. The summed E-state index contributed by atoms with van der Waals surface area (Å²) in [4.78, 5) is 11.8. The first-order valence-electron chi connectivity index (χ1n) is 5.58. The molecule has 0 spiro atoms. The molecule has 16 heavy (non-hydrogen) atoms. The summed E-state index contributed by atoms with van der Waals surface area (Å²) in [5, 5.41) is 6.24. The molecule has 1 amide bonds. The summed E-state index contributed by atoms with van der Waals surface area (Å²) in [6, 6.07) is 5.73. The molecule has 1 unspecified atom stereocenters. The van der Waals surface area contributed by atoms with Crippen LogP contribution in [-0.2, 0) is 4.79 Å². The fourth-order valence-electron chi connectivity index (χ4n) is 2.04. The van der Waals surface area contributed by atoms with Gasteiger partial charge in [-0.2, -0.15) is 0 Å². The third kappa shape index (κ3) is 1.87. The van der Waals surface area contributed by atoms with E-state index in [4.69, 9.17) is 0 Å². The largest absolute Gasteiger partial charge is 0.324 e. The Morgan fingerprint density at radius 1 is 1.44 bits per heavy atom. The van der Waals surface area contributed by atoms with Crippen molar-refractivity contribution in [1.29, 1.82) is 0 Å². The van der Waals surface area contributed by atoms with E-state index in [1.54, 1.807) is 0 Å². The SMILES string of the molecule is O=C1Nc2ccc(Br)cc2C1NCC1CC1. The van der Waals surface area contributed by atoms with Crippen LogP contribution in [0.3, 0.4) is 0 Å². The van der Waals surface area contributed by atoms with Gasteiger partial charge in [-0.1, -0.05) is 15.9 Å². The lowest BCUT2D eigenvalue weighted by molar-refractivity contribution is -0.117. The zero-order chi connectivity index (χ0) is 11.1. The molecule has 4 heteroatoms. The van der Waals surface area contributed by atoms with Crippen LogP contribution in [0.5, 0.6) is 0 Å². The lowest BCUT2D eigenvalue weighted by atomic mass is 10.1. The van der Waals surface area contributed by atoms with E-state index in [-0.39, 0.29) is 11.9 Å². The van der Waals surface area contributed by atoms with Crippen LogP contribution >= 0.6 is 15.9 Å². The van der Waals surface area contributed by atoms with E-state index < -0.39 is 0 Å². The maximum Gasteiger partial charge on any atom is 0.246 e. The van der Waals surface area contributed by atoms with Gasteiger partial charge in [0.05, 0.1) is 0 Å². The average Bonchev–Trinajstić information content (AvgIpc) is 3.01. The minimum atomic E-state index is -0.173. The minimum Gasteiger partial charge on any atom is -0.324 e. The number of anilines is 1. The molecule has 0 bridgehead atoms. The maximum atomic E-state index is 11.8. The third-order valence-electron chi connectivity index (χ3n) is 3.15. The fourth-order valence-corrected chi connectivity index (χ4v) is 2.42. The van der Waals surface area contributed by atoms with Crippen molar-refractivity contribution in [3.05, 3.63) is 28.2 Å². The molecular formula is C12H13BrN2O. The smallest absolute Gasteiger partial charge is 0.246 e. The van der Waals surface area contributed by atoms with Crippen molar-refractivity contribution in [2.24, 2.45) is 5.92 Å². The van der Waals surface area contributed by atoms with Gasteiger partial charge in [0.15, 0.2) is 0 Å². The number of carbonyl (C=O) groups excluding carboxylic acids is 1. The van der Waals surface area contributed by atoms with Crippen LogP contribution in [0.1, 0.15) is 24.4 Å². The van der Waals surface area contributed by atoms with Gasteiger partial charge in [-0.3, -0.25) is 4.79 Å². The monoisotopic (exact) mass is 280 g/mol. The van der Waals surface area contributed by atoms with Crippen molar-refractivity contribution in [2.45, 2.75) is 18.9 Å². The highest BCUT2D eigenvalue weighted by Gasteiger charge is 2.32. The van der Waals surface area contributed by atoms with Gasteiger partial charge >= 0.3 is 0 Å². The summed E-state index contributed by atoms with van der Waals surface area (Å²) in [7, 11) is 0. The molecule has 3 rings (SSSR count). The molecule has 1 aromatic rings. The molecule has 1 atom stereocenters. The molecule has 84 valence electrons. The van der Waals surface area contributed by atoms with Gasteiger partial charge in [-0.05, 0) is 43.5 Å². The van der Waals surface area contributed by atoms with E-state index in [1.807, 2.05) is 18.2 Å². The standard InChI is InChI=1S/C12H13BrN2O/c13-8-3-4-10-9(5-8)11(12(16)15-10)14-6-7-1-2-7/h3-5,7,11,14H,1-2,6H2,(H,15,16). The van der Waals surface area contributed by atoms with Crippen LogP contribution in [0.2, 0.25) is 0 Å². The van der Waals surface area contributed by atoms with Crippen molar-refractivity contribution in [1.82, 2.24) is 5.32 Å². The number of carbonyl (C=O) groups is 1. The van der Waals surface area contributed by atoms with Gasteiger partial charge < -0.3 is 10.6 Å². The molecular weight excluding hydrogens is 268 g/mol. The lowest BCUT2D eigenvalue weighted by Crippen LogP contribution is -2.29. The topological polar surface area (TPSA) is 41.1 Å². The molecule has 2 N–H and O–H groups in total. The molecule has 0 radical (unpaired) electrons. The Labute approximate surface area is 103 Å². The molecule has 1 aliphatic heterocycles. The lowest BCUT2D eigenvalue weighted by Gasteiger charge is -2.10. The van der Waals surface area contributed by atoms with Crippen molar-refractivity contribution in [3.8, 4) is 0 Å². The van der Waals surface area contributed by atoms with Gasteiger partial charge in [0.1, 0.15) is 6.04 Å². The second-order valence-electron chi connectivity index (χ2n) is 4.51. The van der Waals surface area contributed by atoms with E-state index in [9.17, 15) is 4.79 Å². The number of amides is 1. The van der Waals surface area contributed by atoms with Gasteiger partial charge in [-0.25, -0.2) is 0 Å². The molecule has 1 aliphatic carbocycles. The molecule has 1 heterocycles. The molecule has 0 saturated heterocycles. The quantitative estimate of drug-likeness (QED) is 0.893.